The first-order valence-corrected chi connectivity index (χ1v) is 7.73. The molecule has 3 aromatic rings. The Kier molecular flexibility index (Phi) is 3.45. The van der Waals surface area contributed by atoms with E-state index in [2.05, 4.69) is 9.88 Å². The van der Waals surface area contributed by atoms with Crippen molar-refractivity contribution in [1.82, 2.24) is 5.16 Å². The van der Waals surface area contributed by atoms with Crippen molar-refractivity contribution in [3.05, 3.63) is 66.7 Å². The lowest BCUT2D eigenvalue weighted by Crippen LogP contribution is -2.11. The maximum Gasteiger partial charge on any atom is 0.298 e. The third-order valence-electron chi connectivity index (χ3n) is 2.85. The average molecular weight is 300 g/mol. The van der Waals surface area contributed by atoms with Gasteiger partial charge in [-0.15, -0.1) is 0 Å². The molecule has 0 bridgehead atoms. The van der Waals surface area contributed by atoms with Crippen LogP contribution >= 0.6 is 0 Å². The minimum Gasteiger partial charge on any atom is -0.342 e. The summed E-state index contributed by atoms with van der Waals surface area (Å²) < 4.78 is 31.8. The first-order chi connectivity index (χ1) is 10.1. The van der Waals surface area contributed by atoms with Gasteiger partial charge in [0.1, 0.15) is 5.69 Å². The van der Waals surface area contributed by atoms with Crippen molar-refractivity contribution in [2.45, 2.75) is 5.09 Å². The van der Waals surface area contributed by atoms with E-state index < -0.39 is 10.0 Å². The molecule has 1 aromatic heterocycles. The van der Waals surface area contributed by atoms with Crippen LogP contribution in [-0.4, -0.2) is 13.6 Å². The molecule has 1 heterocycles. The predicted octanol–water partition coefficient (Wildman–Crippen LogP) is 3.14. The van der Waals surface area contributed by atoms with Crippen LogP contribution in [-0.2, 0) is 10.0 Å². The second-order valence-electron chi connectivity index (χ2n) is 4.37. The Bertz CT molecular complexity index is 828. The maximum atomic E-state index is 12.2. The van der Waals surface area contributed by atoms with E-state index in [9.17, 15) is 8.42 Å². The molecule has 6 heteroatoms. The second-order valence-corrected chi connectivity index (χ2v) is 5.98. The number of benzene rings is 2. The number of hydrogen-bond donors (Lipinski definition) is 1. The average Bonchev–Trinajstić information content (AvgIpc) is 2.99. The molecule has 0 atom stereocenters. The molecule has 0 aliphatic heterocycles. The van der Waals surface area contributed by atoms with E-state index >= 15 is 0 Å². The standard InChI is InChI=1S/C15H12N2O3S/c18-21(19,17-13-9-5-2-6-10-13)15-11-14(16-20-15)12-7-3-1-4-8-12/h1-11,17H. The Hall–Kier alpha value is -2.60. The molecule has 0 radical (unpaired) electrons. The summed E-state index contributed by atoms with van der Waals surface area (Å²) in [5.41, 5.74) is 1.74. The first kappa shape index (κ1) is 13.4. The second kappa shape index (κ2) is 5.41. The van der Waals surface area contributed by atoms with Gasteiger partial charge in [-0.2, -0.15) is 8.42 Å². The topological polar surface area (TPSA) is 72.2 Å². The highest BCUT2D eigenvalue weighted by molar-refractivity contribution is 7.92. The minimum atomic E-state index is -3.78. The summed E-state index contributed by atoms with van der Waals surface area (Å²) >= 11 is 0. The Morgan fingerprint density at radius 2 is 1.52 bits per heavy atom. The molecule has 106 valence electrons. The summed E-state index contributed by atoms with van der Waals surface area (Å²) in [5.74, 6) is 0. The number of sulfonamides is 1. The van der Waals surface area contributed by atoms with Gasteiger partial charge in [0, 0.05) is 17.3 Å². The fraction of sp³-hybridized carbons (Fsp3) is 0. The summed E-state index contributed by atoms with van der Waals surface area (Å²) in [6, 6.07) is 19.2. The number of rotatable bonds is 4. The zero-order valence-electron chi connectivity index (χ0n) is 10.9. The molecule has 0 spiro atoms. The molecule has 21 heavy (non-hydrogen) atoms. The fourth-order valence-electron chi connectivity index (χ4n) is 1.84. The smallest absolute Gasteiger partial charge is 0.298 e. The molecule has 5 nitrogen and oxygen atoms in total. The normalized spacial score (nSPS) is 11.2. The minimum absolute atomic E-state index is 0.217. The van der Waals surface area contributed by atoms with Crippen LogP contribution in [0.4, 0.5) is 5.69 Å². The number of para-hydroxylation sites is 1. The van der Waals surface area contributed by atoms with E-state index in [1.807, 2.05) is 30.3 Å². The van der Waals surface area contributed by atoms with Crippen molar-refractivity contribution in [2.75, 3.05) is 4.72 Å². The van der Waals surface area contributed by atoms with Gasteiger partial charge in [0.15, 0.2) is 0 Å². The fourth-order valence-corrected chi connectivity index (χ4v) is 2.79. The molecule has 0 unspecified atom stereocenters. The van der Waals surface area contributed by atoms with E-state index in [0.717, 1.165) is 5.56 Å². The van der Waals surface area contributed by atoms with Crippen molar-refractivity contribution >= 4 is 15.7 Å². The van der Waals surface area contributed by atoms with Gasteiger partial charge >= 0.3 is 0 Å². The van der Waals surface area contributed by atoms with Crippen LogP contribution in [0.5, 0.6) is 0 Å². The summed E-state index contributed by atoms with van der Waals surface area (Å²) in [4.78, 5) is 0. The molecule has 1 N–H and O–H groups in total. The van der Waals surface area contributed by atoms with Gasteiger partial charge in [-0.3, -0.25) is 4.72 Å². The van der Waals surface area contributed by atoms with Crippen LogP contribution in [0.2, 0.25) is 0 Å². The number of nitrogens with zero attached hydrogens (tertiary/aromatic N) is 1. The van der Waals surface area contributed by atoms with Crippen LogP contribution in [0.1, 0.15) is 0 Å². The van der Waals surface area contributed by atoms with Gasteiger partial charge < -0.3 is 4.52 Å². The van der Waals surface area contributed by atoms with Crippen molar-refractivity contribution in [1.29, 1.82) is 0 Å². The third-order valence-corrected chi connectivity index (χ3v) is 4.08. The van der Waals surface area contributed by atoms with Gasteiger partial charge in [-0.1, -0.05) is 53.7 Å². The Labute approximate surface area is 122 Å². The summed E-state index contributed by atoms with van der Waals surface area (Å²) in [5, 5.41) is 3.58. The molecule has 3 rings (SSSR count). The molecule has 0 aliphatic carbocycles. The van der Waals surface area contributed by atoms with Crippen molar-refractivity contribution < 1.29 is 12.9 Å². The quantitative estimate of drug-likeness (QED) is 0.803. The highest BCUT2D eigenvalue weighted by Crippen LogP contribution is 2.22. The lowest BCUT2D eigenvalue weighted by Gasteiger charge is -2.03. The molecule has 2 aromatic carbocycles. The van der Waals surface area contributed by atoms with E-state index in [-0.39, 0.29) is 5.09 Å². The van der Waals surface area contributed by atoms with Crippen LogP contribution in [0.3, 0.4) is 0 Å². The summed E-state index contributed by atoms with van der Waals surface area (Å²) in [7, 11) is -3.78. The summed E-state index contributed by atoms with van der Waals surface area (Å²) in [6.45, 7) is 0. The van der Waals surface area contributed by atoms with Gasteiger partial charge in [0.2, 0.25) is 0 Å². The molecular formula is C15H12N2O3S. The Morgan fingerprint density at radius 1 is 0.905 bits per heavy atom. The molecule has 0 fully saturated rings. The zero-order chi connectivity index (χ0) is 14.7. The van der Waals surface area contributed by atoms with Crippen molar-refractivity contribution in [3.63, 3.8) is 0 Å². The largest absolute Gasteiger partial charge is 0.342 e. The Morgan fingerprint density at radius 3 is 2.19 bits per heavy atom. The highest BCUT2D eigenvalue weighted by atomic mass is 32.2. The number of aromatic nitrogens is 1. The van der Waals surface area contributed by atoms with Crippen LogP contribution in [0, 0.1) is 0 Å². The SMILES string of the molecule is O=S(=O)(Nc1ccccc1)c1cc(-c2ccccc2)no1. The van der Waals surface area contributed by atoms with Crippen molar-refractivity contribution in [3.8, 4) is 11.3 Å². The summed E-state index contributed by atoms with van der Waals surface area (Å²) in [6.07, 6.45) is 0. The van der Waals surface area contributed by atoms with E-state index in [1.54, 1.807) is 30.3 Å². The van der Waals surface area contributed by atoms with E-state index in [0.29, 0.717) is 11.4 Å². The number of hydrogen-bond acceptors (Lipinski definition) is 4. The molecular weight excluding hydrogens is 288 g/mol. The predicted molar refractivity (Wildman–Crippen MR) is 79.2 cm³/mol. The lowest BCUT2D eigenvalue weighted by molar-refractivity contribution is 0.341. The Balaban J connectivity index is 1.89. The van der Waals surface area contributed by atoms with Gasteiger partial charge in [0.05, 0.1) is 0 Å². The van der Waals surface area contributed by atoms with Crippen LogP contribution in [0.15, 0.2) is 76.3 Å². The third kappa shape index (κ3) is 2.95. The highest BCUT2D eigenvalue weighted by Gasteiger charge is 2.20. The molecule has 0 saturated carbocycles. The van der Waals surface area contributed by atoms with E-state index in [4.69, 9.17) is 4.52 Å². The monoisotopic (exact) mass is 300 g/mol. The molecule has 0 aliphatic rings. The van der Waals surface area contributed by atoms with Crippen LogP contribution < -0.4 is 4.72 Å². The van der Waals surface area contributed by atoms with Crippen LogP contribution in [0.25, 0.3) is 11.3 Å². The van der Waals surface area contributed by atoms with Gasteiger partial charge in [-0.25, -0.2) is 0 Å². The van der Waals surface area contributed by atoms with E-state index in [1.165, 1.54) is 6.07 Å². The molecule has 0 amide bonds. The van der Waals surface area contributed by atoms with Gasteiger partial charge in [-0.05, 0) is 12.1 Å². The first-order valence-electron chi connectivity index (χ1n) is 6.25. The van der Waals surface area contributed by atoms with Crippen molar-refractivity contribution in [2.24, 2.45) is 0 Å². The van der Waals surface area contributed by atoms with Gasteiger partial charge in [0.25, 0.3) is 15.1 Å². The molecule has 0 saturated heterocycles. The zero-order valence-corrected chi connectivity index (χ0v) is 11.7. The number of nitrogens with one attached hydrogen (secondary N) is 1. The maximum absolute atomic E-state index is 12.2. The lowest BCUT2D eigenvalue weighted by atomic mass is 10.2. The number of anilines is 1.